The van der Waals surface area contributed by atoms with Crippen molar-refractivity contribution < 1.29 is 4.42 Å². The maximum Gasteiger partial charge on any atom is 0.142 e. The van der Waals surface area contributed by atoms with Crippen molar-refractivity contribution in [2.45, 2.75) is 0 Å². The molecule has 1 nitrogen and oxygen atoms in total. The van der Waals surface area contributed by atoms with Crippen molar-refractivity contribution in [1.82, 2.24) is 0 Å². The molecule has 1 heterocycles. The van der Waals surface area contributed by atoms with Crippen molar-refractivity contribution in [3.63, 3.8) is 0 Å². The largest absolute Gasteiger partial charge is 0.455 e. The molecule has 1 aromatic heterocycles. The first-order chi connectivity index (χ1) is 20.3. The van der Waals surface area contributed by atoms with Gasteiger partial charge in [-0.3, -0.25) is 0 Å². The topological polar surface area (TPSA) is 13.1 Å². The molecule has 0 saturated carbocycles. The van der Waals surface area contributed by atoms with Crippen molar-refractivity contribution in [2.75, 3.05) is 0 Å². The summed E-state index contributed by atoms with van der Waals surface area (Å²) in [5.74, 6) is 0. The van der Waals surface area contributed by atoms with Gasteiger partial charge in [-0.2, -0.15) is 0 Å². The van der Waals surface area contributed by atoms with E-state index in [0.29, 0.717) is 0 Å². The highest BCUT2D eigenvalue weighted by Gasteiger charge is 2.22. The van der Waals surface area contributed by atoms with Crippen molar-refractivity contribution in [1.29, 1.82) is 0 Å². The van der Waals surface area contributed by atoms with E-state index in [-0.39, 0.29) is 0 Å². The van der Waals surface area contributed by atoms with Crippen molar-refractivity contribution in [3.05, 3.63) is 164 Å². The summed E-state index contributed by atoms with van der Waals surface area (Å²) in [6.07, 6.45) is 1.93. The molecule has 0 spiro atoms. The lowest BCUT2D eigenvalue weighted by Crippen LogP contribution is -2.21. The van der Waals surface area contributed by atoms with Crippen LogP contribution in [0.1, 0.15) is 5.56 Å². The molecule has 7 aromatic rings. The van der Waals surface area contributed by atoms with Crippen LogP contribution in [-0.2, 0) is 0 Å². The Balaban J connectivity index is 1.45. The van der Waals surface area contributed by atoms with Crippen LogP contribution < -0.4 is 31.8 Å². The Morgan fingerprint density at radius 3 is 1.34 bits per heavy atom. The lowest BCUT2D eigenvalue weighted by atomic mass is 10.1. The van der Waals surface area contributed by atoms with Gasteiger partial charge in [0.25, 0.3) is 0 Å². The third-order valence-corrected chi connectivity index (χ3v) is 12.2. The van der Waals surface area contributed by atoms with Gasteiger partial charge in [0.2, 0.25) is 0 Å². The molecule has 0 bridgehead atoms. The monoisotopic (exact) mass is 562 g/mol. The second-order valence-electron chi connectivity index (χ2n) is 9.91. The van der Waals surface area contributed by atoms with Gasteiger partial charge >= 0.3 is 0 Å². The standard InChI is InChI=1S/C38H28OP2/c1-2-28-25-34(41(31-19-11-5-12-20-31)32-21-13-6-14-22-32)27-36-35-26-33(23-24-37(35)39-38(28)36)40(29-15-7-3-8-16-29)30-17-9-4-10-18-30/h2-27H,1H2. The first-order valence-corrected chi connectivity index (χ1v) is 16.4. The highest BCUT2D eigenvalue weighted by atomic mass is 31.1. The van der Waals surface area contributed by atoms with Gasteiger partial charge in [-0.1, -0.05) is 140 Å². The molecule has 0 unspecified atom stereocenters. The van der Waals surface area contributed by atoms with Gasteiger partial charge in [-0.15, -0.1) is 0 Å². The predicted octanol–water partition coefficient (Wildman–Crippen LogP) is 7.75. The molecule has 0 N–H and O–H groups in total. The van der Waals surface area contributed by atoms with E-state index in [1.165, 1.54) is 31.8 Å². The molecule has 0 aliphatic heterocycles. The number of hydrogen-bond donors (Lipinski definition) is 0. The summed E-state index contributed by atoms with van der Waals surface area (Å²) >= 11 is 0. The normalized spacial score (nSPS) is 11.5. The highest BCUT2D eigenvalue weighted by molar-refractivity contribution is 7.80. The van der Waals surface area contributed by atoms with Crippen molar-refractivity contribution in [3.8, 4) is 0 Å². The fourth-order valence-corrected chi connectivity index (χ4v) is 10.2. The quantitative estimate of drug-likeness (QED) is 0.181. The lowest BCUT2D eigenvalue weighted by Gasteiger charge is -2.20. The van der Waals surface area contributed by atoms with Gasteiger partial charge in [-0.05, 0) is 71.9 Å². The highest BCUT2D eigenvalue weighted by Crippen LogP contribution is 2.39. The summed E-state index contributed by atoms with van der Waals surface area (Å²) < 4.78 is 6.51. The molecule has 0 fully saturated rings. The fraction of sp³-hybridized carbons (Fsp3) is 0. The van der Waals surface area contributed by atoms with Gasteiger partial charge in [-0.25, -0.2) is 0 Å². The Hall–Kier alpha value is -4.28. The van der Waals surface area contributed by atoms with E-state index in [1.807, 2.05) is 6.08 Å². The Morgan fingerprint density at radius 1 is 0.439 bits per heavy atom. The molecule has 41 heavy (non-hydrogen) atoms. The molecule has 0 amide bonds. The van der Waals surface area contributed by atoms with Crippen LogP contribution >= 0.6 is 15.8 Å². The van der Waals surface area contributed by atoms with E-state index >= 15 is 0 Å². The molecule has 0 saturated heterocycles. The van der Waals surface area contributed by atoms with Crippen LogP contribution in [0.5, 0.6) is 0 Å². The average Bonchev–Trinajstić information content (AvgIpc) is 3.41. The van der Waals surface area contributed by atoms with Crippen molar-refractivity contribution >= 4 is 75.7 Å². The van der Waals surface area contributed by atoms with E-state index in [2.05, 4.69) is 158 Å². The molecule has 0 aliphatic carbocycles. The number of furan rings is 1. The zero-order valence-electron chi connectivity index (χ0n) is 22.5. The summed E-state index contributed by atoms with van der Waals surface area (Å²) in [5, 5.41) is 10.2. The molecule has 3 heteroatoms. The average molecular weight is 563 g/mol. The predicted molar refractivity (Wildman–Crippen MR) is 181 cm³/mol. The van der Waals surface area contributed by atoms with Crippen LogP contribution in [0.4, 0.5) is 0 Å². The molecular formula is C38H28OP2. The number of benzene rings is 6. The van der Waals surface area contributed by atoms with Crippen LogP contribution in [-0.4, -0.2) is 0 Å². The third kappa shape index (κ3) is 4.93. The smallest absolute Gasteiger partial charge is 0.142 e. The lowest BCUT2D eigenvalue weighted by molar-refractivity contribution is 0.668. The second kappa shape index (κ2) is 11.3. The van der Waals surface area contributed by atoms with Crippen LogP contribution in [0.3, 0.4) is 0 Å². The van der Waals surface area contributed by atoms with E-state index in [0.717, 1.165) is 27.5 Å². The summed E-state index contributed by atoms with van der Waals surface area (Å²) in [7, 11) is -1.47. The van der Waals surface area contributed by atoms with Crippen LogP contribution in [0.2, 0.25) is 0 Å². The van der Waals surface area contributed by atoms with Gasteiger partial charge < -0.3 is 4.42 Å². The maximum atomic E-state index is 6.51. The fourth-order valence-electron chi connectivity index (χ4n) is 5.50. The first-order valence-electron chi connectivity index (χ1n) is 13.7. The van der Waals surface area contributed by atoms with Crippen LogP contribution in [0.15, 0.2) is 163 Å². The maximum absolute atomic E-state index is 6.51. The van der Waals surface area contributed by atoms with Gasteiger partial charge in [0.1, 0.15) is 11.2 Å². The van der Waals surface area contributed by atoms with E-state index in [9.17, 15) is 0 Å². The van der Waals surface area contributed by atoms with Crippen LogP contribution in [0, 0.1) is 0 Å². The molecule has 0 atom stereocenters. The molecule has 0 radical (unpaired) electrons. The van der Waals surface area contributed by atoms with E-state index in [4.69, 9.17) is 4.42 Å². The number of rotatable bonds is 7. The van der Waals surface area contributed by atoms with Gasteiger partial charge in [0.15, 0.2) is 0 Å². The Labute approximate surface area is 243 Å². The summed E-state index contributed by atoms with van der Waals surface area (Å²) in [4.78, 5) is 0. The molecular weight excluding hydrogens is 534 g/mol. The van der Waals surface area contributed by atoms with E-state index in [1.54, 1.807) is 0 Å². The molecule has 7 rings (SSSR count). The Morgan fingerprint density at radius 2 is 0.878 bits per heavy atom. The van der Waals surface area contributed by atoms with Gasteiger partial charge in [0.05, 0.1) is 0 Å². The van der Waals surface area contributed by atoms with Crippen molar-refractivity contribution in [2.24, 2.45) is 0 Å². The summed E-state index contributed by atoms with van der Waals surface area (Å²) in [6, 6.07) is 54.8. The molecule has 196 valence electrons. The van der Waals surface area contributed by atoms with Crippen LogP contribution in [0.25, 0.3) is 28.0 Å². The zero-order valence-corrected chi connectivity index (χ0v) is 24.3. The number of hydrogen-bond acceptors (Lipinski definition) is 1. The first kappa shape index (κ1) is 25.7. The minimum atomic E-state index is -0.755. The zero-order chi connectivity index (χ0) is 27.6. The minimum Gasteiger partial charge on any atom is -0.455 e. The van der Waals surface area contributed by atoms with Gasteiger partial charge in [0, 0.05) is 16.3 Å². The third-order valence-electron chi connectivity index (χ3n) is 7.36. The summed E-state index contributed by atoms with van der Waals surface area (Å²) in [6.45, 7) is 4.17. The number of fused-ring (bicyclic) bond motifs is 3. The second-order valence-corrected chi connectivity index (χ2v) is 14.4. The Bertz CT molecular complexity index is 1870. The minimum absolute atomic E-state index is 0.717. The summed E-state index contributed by atoms with van der Waals surface area (Å²) in [5.41, 5.74) is 2.84. The SMILES string of the molecule is C=Cc1cc(P(c2ccccc2)c2ccccc2)cc2c1oc1ccc(P(c3ccccc3)c3ccccc3)cc12. The Kier molecular flexibility index (Phi) is 7.08. The molecule has 6 aromatic carbocycles. The van der Waals surface area contributed by atoms with E-state index < -0.39 is 15.8 Å². The molecule has 0 aliphatic rings.